The van der Waals surface area contributed by atoms with Crippen molar-refractivity contribution in [3.05, 3.63) is 58.7 Å². The Morgan fingerprint density at radius 2 is 1.91 bits per heavy atom. The molecule has 0 saturated heterocycles. The predicted molar refractivity (Wildman–Crippen MR) is 92.0 cm³/mol. The first kappa shape index (κ1) is 15.2. The molecule has 0 saturated carbocycles. The third-order valence-corrected chi connectivity index (χ3v) is 3.66. The van der Waals surface area contributed by atoms with E-state index in [4.69, 9.17) is 16.3 Å². The van der Waals surface area contributed by atoms with E-state index < -0.39 is 0 Å². The van der Waals surface area contributed by atoms with E-state index in [1.165, 1.54) is 7.11 Å². The van der Waals surface area contributed by atoms with Gasteiger partial charge >= 0.3 is 0 Å². The number of benzene rings is 2. The number of para-hydroxylation sites is 1. The molecule has 2 aromatic carbocycles. The van der Waals surface area contributed by atoms with E-state index >= 15 is 0 Å². The smallest absolute Gasteiger partial charge is 0.165 e. The largest absolute Gasteiger partial charge is 0.506 e. The van der Waals surface area contributed by atoms with Gasteiger partial charge in [0.05, 0.1) is 12.8 Å². The highest BCUT2D eigenvalue weighted by Gasteiger charge is 2.08. The number of phenols is 2. The number of hydrogen-bond acceptors (Lipinski definition) is 4. The van der Waals surface area contributed by atoms with Crippen molar-refractivity contribution in [1.82, 2.24) is 4.98 Å². The van der Waals surface area contributed by atoms with Crippen molar-refractivity contribution in [2.24, 2.45) is 0 Å². The Balaban J connectivity index is 2.00. The number of ether oxygens (including phenoxy) is 1. The highest BCUT2D eigenvalue weighted by Crippen LogP contribution is 2.34. The Morgan fingerprint density at radius 3 is 2.70 bits per heavy atom. The lowest BCUT2D eigenvalue weighted by Crippen LogP contribution is -1.87. The molecule has 2 N–H and O–H groups in total. The third kappa shape index (κ3) is 3.07. The number of phenolic OH excluding ortho intramolecular Hbond substituents is 2. The van der Waals surface area contributed by atoms with Gasteiger partial charge in [-0.3, -0.25) is 0 Å². The van der Waals surface area contributed by atoms with Gasteiger partial charge in [-0.15, -0.1) is 0 Å². The van der Waals surface area contributed by atoms with Crippen LogP contribution in [0.3, 0.4) is 0 Å². The summed E-state index contributed by atoms with van der Waals surface area (Å²) in [5.74, 6) is 0.447. The van der Waals surface area contributed by atoms with E-state index in [1.54, 1.807) is 36.4 Å². The first-order chi connectivity index (χ1) is 11.1. The van der Waals surface area contributed by atoms with Crippen molar-refractivity contribution < 1.29 is 14.9 Å². The first-order valence-electron chi connectivity index (χ1n) is 6.92. The van der Waals surface area contributed by atoms with Gasteiger partial charge in [0.15, 0.2) is 11.5 Å². The fraction of sp³-hybridized carbons (Fsp3) is 0.0556. The normalized spacial score (nSPS) is 11.2. The zero-order chi connectivity index (χ0) is 16.4. The number of nitrogens with zero attached hydrogens (tertiary/aromatic N) is 1. The summed E-state index contributed by atoms with van der Waals surface area (Å²) in [4.78, 5) is 4.40. The highest BCUT2D eigenvalue weighted by atomic mass is 35.5. The molecule has 5 heteroatoms. The molecule has 0 aliphatic rings. The fourth-order valence-corrected chi connectivity index (χ4v) is 2.51. The van der Waals surface area contributed by atoms with Gasteiger partial charge in [0, 0.05) is 22.0 Å². The Labute approximate surface area is 138 Å². The number of aromatic hydroxyl groups is 2. The summed E-state index contributed by atoms with van der Waals surface area (Å²) in [5, 5.41) is 21.3. The lowest BCUT2D eigenvalue weighted by Gasteiger charge is -2.07. The summed E-state index contributed by atoms with van der Waals surface area (Å²) in [6, 6.07) is 12.1. The molecule has 0 spiro atoms. The lowest BCUT2D eigenvalue weighted by atomic mass is 10.1. The molecule has 0 radical (unpaired) electrons. The van der Waals surface area contributed by atoms with Crippen molar-refractivity contribution in [1.29, 1.82) is 0 Å². The number of aromatic nitrogens is 1. The summed E-state index contributed by atoms with van der Waals surface area (Å²) < 4.78 is 5.07. The van der Waals surface area contributed by atoms with E-state index in [-0.39, 0.29) is 11.5 Å². The molecule has 116 valence electrons. The Bertz CT molecular complexity index is 906. The summed E-state index contributed by atoms with van der Waals surface area (Å²) >= 11 is 6.01. The van der Waals surface area contributed by atoms with Crippen LogP contribution in [0.5, 0.6) is 17.2 Å². The van der Waals surface area contributed by atoms with Crippen molar-refractivity contribution >= 4 is 34.7 Å². The van der Waals surface area contributed by atoms with Gasteiger partial charge in [-0.05, 0) is 30.4 Å². The number of rotatable bonds is 3. The monoisotopic (exact) mass is 327 g/mol. The van der Waals surface area contributed by atoms with E-state index in [0.717, 1.165) is 5.39 Å². The third-order valence-electron chi connectivity index (χ3n) is 3.44. The maximum Gasteiger partial charge on any atom is 0.165 e. The number of halogens is 1. The van der Waals surface area contributed by atoms with Crippen LogP contribution in [0.2, 0.25) is 5.02 Å². The van der Waals surface area contributed by atoms with Crippen LogP contribution >= 0.6 is 11.6 Å². The average molecular weight is 328 g/mol. The van der Waals surface area contributed by atoms with Crippen LogP contribution in [0.1, 0.15) is 11.3 Å². The van der Waals surface area contributed by atoms with E-state index in [9.17, 15) is 10.2 Å². The minimum atomic E-state index is 0.0109. The van der Waals surface area contributed by atoms with E-state index in [2.05, 4.69) is 4.98 Å². The van der Waals surface area contributed by atoms with Gasteiger partial charge in [-0.25, -0.2) is 4.98 Å². The van der Waals surface area contributed by atoms with Crippen molar-refractivity contribution in [3.8, 4) is 17.2 Å². The molecular weight excluding hydrogens is 314 g/mol. The SMILES string of the molecule is COc1cc(Cl)cc(/C=C/c2ccc3cccc(O)c3n2)c1O. The maximum absolute atomic E-state index is 10.1. The Hall–Kier alpha value is -2.72. The van der Waals surface area contributed by atoms with Crippen LogP contribution in [-0.2, 0) is 0 Å². The number of hydrogen-bond donors (Lipinski definition) is 2. The van der Waals surface area contributed by atoms with Crippen LogP contribution < -0.4 is 4.74 Å². The fourth-order valence-electron chi connectivity index (χ4n) is 2.29. The van der Waals surface area contributed by atoms with Gasteiger partial charge in [0.1, 0.15) is 11.3 Å². The summed E-state index contributed by atoms with van der Waals surface area (Å²) in [6.07, 6.45) is 3.43. The topological polar surface area (TPSA) is 62.6 Å². The molecule has 0 fully saturated rings. The molecule has 1 aromatic heterocycles. The Kier molecular flexibility index (Phi) is 4.08. The first-order valence-corrected chi connectivity index (χ1v) is 7.29. The standard InChI is InChI=1S/C18H14ClNO3/c1-23-16-10-13(19)9-12(18(16)22)6-8-14-7-5-11-3-2-4-15(21)17(11)20-14/h2-10,21-22H,1H3/b8-6+. The zero-order valence-electron chi connectivity index (χ0n) is 12.3. The minimum absolute atomic E-state index is 0.0109. The molecule has 0 unspecified atom stereocenters. The van der Waals surface area contributed by atoms with Crippen LogP contribution in [0.25, 0.3) is 23.1 Å². The molecule has 0 atom stereocenters. The van der Waals surface area contributed by atoms with Crippen LogP contribution in [0.15, 0.2) is 42.5 Å². The van der Waals surface area contributed by atoms with Gasteiger partial charge in [-0.1, -0.05) is 29.8 Å². The second kappa shape index (κ2) is 6.18. The second-order valence-electron chi connectivity index (χ2n) is 4.96. The average Bonchev–Trinajstić information content (AvgIpc) is 2.56. The molecule has 0 aliphatic heterocycles. The number of pyridine rings is 1. The van der Waals surface area contributed by atoms with Crippen LogP contribution in [-0.4, -0.2) is 22.3 Å². The molecule has 3 rings (SSSR count). The predicted octanol–water partition coefficient (Wildman–Crippen LogP) is 4.48. The summed E-state index contributed by atoms with van der Waals surface area (Å²) in [5.41, 5.74) is 1.70. The second-order valence-corrected chi connectivity index (χ2v) is 5.40. The minimum Gasteiger partial charge on any atom is -0.506 e. The van der Waals surface area contributed by atoms with Crippen LogP contribution in [0, 0.1) is 0 Å². The molecular formula is C18H14ClNO3. The Morgan fingerprint density at radius 1 is 1.09 bits per heavy atom. The van der Waals surface area contributed by atoms with Crippen molar-refractivity contribution in [2.75, 3.05) is 7.11 Å². The highest BCUT2D eigenvalue weighted by molar-refractivity contribution is 6.31. The molecule has 0 aliphatic carbocycles. The summed E-state index contributed by atoms with van der Waals surface area (Å²) in [7, 11) is 1.46. The van der Waals surface area contributed by atoms with Crippen molar-refractivity contribution in [2.45, 2.75) is 0 Å². The quantitative estimate of drug-likeness (QED) is 0.744. The van der Waals surface area contributed by atoms with Gasteiger partial charge in [-0.2, -0.15) is 0 Å². The van der Waals surface area contributed by atoms with Gasteiger partial charge in [0.25, 0.3) is 0 Å². The molecule has 1 heterocycles. The lowest BCUT2D eigenvalue weighted by molar-refractivity contribution is 0.373. The molecule has 0 bridgehead atoms. The van der Waals surface area contributed by atoms with Gasteiger partial charge < -0.3 is 14.9 Å². The molecule has 0 amide bonds. The van der Waals surface area contributed by atoms with Crippen LogP contribution in [0.4, 0.5) is 0 Å². The maximum atomic E-state index is 10.1. The van der Waals surface area contributed by atoms with Gasteiger partial charge in [0.2, 0.25) is 0 Å². The zero-order valence-corrected chi connectivity index (χ0v) is 13.1. The van der Waals surface area contributed by atoms with E-state index in [1.807, 2.05) is 18.2 Å². The summed E-state index contributed by atoms with van der Waals surface area (Å²) in [6.45, 7) is 0. The molecule has 3 aromatic rings. The van der Waals surface area contributed by atoms with E-state index in [0.29, 0.717) is 27.5 Å². The molecule has 4 nitrogen and oxygen atoms in total. The number of fused-ring (bicyclic) bond motifs is 1. The molecule has 23 heavy (non-hydrogen) atoms. The van der Waals surface area contributed by atoms with Crippen molar-refractivity contribution in [3.63, 3.8) is 0 Å². The number of methoxy groups -OCH3 is 1.